The molecule has 0 aromatic heterocycles. The molecule has 17 heavy (non-hydrogen) atoms. The third-order valence-corrected chi connectivity index (χ3v) is 3.39. The summed E-state index contributed by atoms with van der Waals surface area (Å²) in [5.74, 6) is -0.419. The van der Waals surface area contributed by atoms with Crippen LogP contribution in [0.2, 0.25) is 0 Å². The van der Waals surface area contributed by atoms with Gasteiger partial charge >= 0.3 is 6.09 Å². The van der Waals surface area contributed by atoms with E-state index in [4.69, 9.17) is 10.2 Å². The van der Waals surface area contributed by atoms with Gasteiger partial charge in [0.1, 0.15) is 5.82 Å². The van der Waals surface area contributed by atoms with Crippen molar-refractivity contribution in [3.05, 3.63) is 33.5 Å². The van der Waals surface area contributed by atoms with Crippen LogP contribution in [0.4, 0.5) is 9.18 Å². The van der Waals surface area contributed by atoms with E-state index in [9.17, 15) is 9.18 Å². The molecule has 1 atom stereocenters. The predicted octanol–water partition coefficient (Wildman–Crippen LogP) is 1.99. The number of carbonyl (C=O) groups is 1. The van der Waals surface area contributed by atoms with Gasteiger partial charge < -0.3 is 10.2 Å². The average molecular weight is 304 g/mol. The molecule has 92 valence electrons. The maximum absolute atomic E-state index is 13.7. The zero-order chi connectivity index (χ0) is 12.6. The van der Waals surface area contributed by atoms with Gasteiger partial charge in [-0.2, -0.15) is 0 Å². The van der Waals surface area contributed by atoms with E-state index in [0.29, 0.717) is 16.5 Å². The second-order valence-corrected chi connectivity index (χ2v) is 4.89. The van der Waals surface area contributed by atoms with Crippen molar-refractivity contribution in [2.45, 2.75) is 19.0 Å². The van der Waals surface area contributed by atoms with Crippen LogP contribution < -0.4 is 0 Å². The number of rotatable bonds is 1. The van der Waals surface area contributed by atoms with Crippen molar-refractivity contribution in [1.29, 1.82) is 0 Å². The molecule has 1 aromatic carbocycles. The van der Waals surface area contributed by atoms with Crippen LogP contribution in [0, 0.1) is 5.82 Å². The molecule has 0 fully saturated rings. The maximum atomic E-state index is 13.7. The molecule has 1 heterocycles. The Morgan fingerprint density at radius 3 is 2.88 bits per heavy atom. The third-order valence-electron chi connectivity index (χ3n) is 2.93. The molecule has 0 bridgehead atoms. The second kappa shape index (κ2) is 4.62. The van der Waals surface area contributed by atoms with E-state index in [1.54, 1.807) is 6.07 Å². The minimum atomic E-state index is -1.14. The minimum Gasteiger partial charge on any atom is -0.465 e. The second-order valence-electron chi connectivity index (χ2n) is 3.98. The number of halogens is 2. The van der Waals surface area contributed by atoms with E-state index in [2.05, 4.69) is 15.9 Å². The number of carboxylic acid groups (broad SMARTS) is 1. The third kappa shape index (κ3) is 2.28. The Labute approximate surface area is 106 Å². The lowest BCUT2D eigenvalue weighted by Gasteiger charge is -2.34. The molecule has 0 saturated heterocycles. The number of benzene rings is 1. The Balaban J connectivity index is 2.42. The van der Waals surface area contributed by atoms with Crippen molar-refractivity contribution < 1.29 is 19.4 Å². The van der Waals surface area contributed by atoms with Gasteiger partial charge in [0, 0.05) is 10.0 Å². The van der Waals surface area contributed by atoms with Gasteiger partial charge in [0.25, 0.3) is 0 Å². The molecule has 0 saturated carbocycles. The molecule has 0 spiro atoms. The maximum Gasteiger partial charge on any atom is 0.407 e. The molecule has 1 unspecified atom stereocenters. The van der Waals surface area contributed by atoms with Crippen molar-refractivity contribution in [3.8, 4) is 0 Å². The van der Waals surface area contributed by atoms with E-state index in [1.165, 1.54) is 6.07 Å². The van der Waals surface area contributed by atoms with Crippen LogP contribution in [0.5, 0.6) is 0 Å². The van der Waals surface area contributed by atoms with Gasteiger partial charge in [0.2, 0.25) is 0 Å². The van der Waals surface area contributed by atoms with E-state index < -0.39 is 18.0 Å². The van der Waals surface area contributed by atoms with Crippen LogP contribution in [0.15, 0.2) is 16.6 Å². The first kappa shape index (κ1) is 12.3. The average Bonchev–Trinajstić information content (AvgIpc) is 2.26. The van der Waals surface area contributed by atoms with E-state index >= 15 is 0 Å². The first-order chi connectivity index (χ1) is 8.02. The molecule has 6 heteroatoms. The first-order valence-electron chi connectivity index (χ1n) is 5.10. The summed E-state index contributed by atoms with van der Waals surface area (Å²) >= 11 is 3.19. The highest BCUT2D eigenvalue weighted by Gasteiger charge is 2.30. The molecule has 2 rings (SSSR count). The molecule has 1 aromatic rings. The monoisotopic (exact) mass is 303 g/mol. The quantitative estimate of drug-likeness (QED) is 0.834. The Bertz CT molecular complexity index is 466. The standard InChI is InChI=1S/C11H11BrFNO3/c12-7-1-6-2-8(5-15)14(11(16)17)4-9(6)10(13)3-7/h1,3,8,15H,2,4-5H2,(H,16,17). The van der Waals surface area contributed by atoms with Crippen molar-refractivity contribution in [3.63, 3.8) is 0 Å². The minimum absolute atomic E-state index is 0.0188. The molecule has 4 nitrogen and oxygen atoms in total. The molecule has 0 radical (unpaired) electrons. The molecule has 1 amide bonds. The number of aliphatic hydroxyl groups is 1. The van der Waals surface area contributed by atoms with Gasteiger partial charge in [0.05, 0.1) is 19.2 Å². The summed E-state index contributed by atoms with van der Waals surface area (Å²) in [6, 6.07) is 2.58. The summed E-state index contributed by atoms with van der Waals surface area (Å²) in [6.07, 6.45) is -0.814. The van der Waals surface area contributed by atoms with Crippen LogP contribution in [-0.2, 0) is 13.0 Å². The summed E-state index contributed by atoms with van der Waals surface area (Å²) in [5, 5.41) is 18.2. The molecule has 1 aliphatic heterocycles. The Kier molecular flexibility index (Phi) is 3.35. The topological polar surface area (TPSA) is 60.8 Å². The van der Waals surface area contributed by atoms with Crippen LogP contribution in [0.1, 0.15) is 11.1 Å². The molecule has 1 aliphatic rings. The van der Waals surface area contributed by atoms with Crippen molar-refractivity contribution in [2.75, 3.05) is 6.61 Å². The van der Waals surface area contributed by atoms with Gasteiger partial charge in [-0.05, 0) is 24.1 Å². The number of nitrogens with zero attached hydrogens (tertiary/aromatic N) is 1. The van der Waals surface area contributed by atoms with Crippen molar-refractivity contribution >= 4 is 22.0 Å². The zero-order valence-corrected chi connectivity index (χ0v) is 10.4. The summed E-state index contributed by atoms with van der Waals surface area (Å²) in [7, 11) is 0. The van der Waals surface area contributed by atoms with Crippen LogP contribution in [0.25, 0.3) is 0 Å². The Morgan fingerprint density at radius 1 is 1.59 bits per heavy atom. The highest BCUT2D eigenvalue weighted by molar-refractivity contribution is 9.10. The van der Waals surface area contributed by atoms with E-state index in [0.717, 1.165) is 10.5 Å². The fourth-order valence-electron chi connectivity index (χ4n) is 2.07. The number of aliphatic hydroxyl groups excluding tert-OH is 1. The molecule has 0 aliphatic carbocycles. The number of fused-ring (bicyclic) bond motifs is 1. The Hall–Kier alpha value is -1.14. The van der Waals surface area contributed by atoms with Crippen molar-refractivity contribution in [2.24, 2.45) is 0 Å². The largest absolute Gasteiger partial charge is 0.465 e. The number of amides is 1. The zero-order valence-electron chi connectivity index (χ0n) is 8.86. The number of hydrogen-bond acceptors (Lipinski definition) is 2. The van der Waals surface area contributed by atoms with E-state index in [-0.39, 0.29) is 13.2 Å². The summed E-state index contributed by atoms with van der Waals surface area (Å²) < 4.78 is 14.3. The van der Waals surface area contributed by atoms with Crippen LogP contribution >= 0.6 is 15.9 Å². The van der Waals surface area contributed by atoms with Gasteiger partial charge in [-0.3, -0.25) is 4.90 Å². The smallest absolute Gasteiger partial charge is 0.407 e. The van der Waals surface area contributed by atoms with Gasteiger partial charge in [-0.1, -0.05) is 15.9 Å². The summed E-state index contributed by atoms with van der Waals surface area (Å²) in [6.45, 7) is -0.283. The highest BCUT2D eigenvalue weighted by Crippen LogP contribution is 2.28. The number of hydrogen-bond donors (Lipinski definition) is 2. The first-order valence-corrected chi connectivity index (χ1v) is 5.89. The summed E-state index contributed by atoms with van der Waals surface area (Å²) in [5.41, 5.74) is 1.13. The lowest BCUT2D eigenvalue weighted by molar-refractivity contribution is 0.0865. The van der Waals surface area contributed by atoms with Gasteiger partial charge in [-0.15, -0.1) is 0 Å². The predicted molar refractivity (Wildman–Crippen MR) is 62.2 cm³/mol. The summed E-state index contributed by atoms with van der Waals surface area (Å²) in [4.78, 5) is 12.1. The van der Waals surface area contributed by atoms with Gasteiger partial charge in [0.15, 0.2) is 0 Å². The van der Waals surface area contributed by atoms with E-state index in [1.807, 2.05) is 0 Å². The lowest BCUT2D eigenvalue weighted by Crippen LogP contribution is -2.45. The van der Waals surface area contributed by atoms with Crippen molar-refractivity contribution in [1.82, 2.24) is 4.90 Å². The molecular weight excluding hydrogens is 293 g/mol. The fraction of sp³-hybridized carbons (Fsp3) is 0.364. The fourth-order valence-corrected chi connectivity index (χ4v) is 2.54. The van der Waals surface area contributed by atoms with Crippen LogP contribution in [0.3, 0.4) is 0 Å². The molecule has 2 N–H and O–H groups in total. The highest BCUT2D eigenvalue weighted by atomic mass is 79.9. The van der Waals surface area contributed by atoms with Gasteiger partial charge in [-0.25, -0.2) is 9.18 Å². The molecular formula is C11H11BrFNO3. The Morgan fingerprint density at radius 2 is 2.29 bits per heavy atom. The van der Waals surface area contributed by atoms with Crippen LogP contribution in [-0.4, -0.2) is 33.9 Å². The lowest BCUT2D eigenvalue weighted by atomic mass is 9.94. The SMILES string of the molecule is O=C(O)N1Cc2c(F)cc(Br)cc2CC1CO. The normalized spacial score (nSPS) is 19.0.